The van der Waals surface area contributed by atoms with Crippen molar-refractivity contribution < 1.29 is 9.59 Å². The van der Waals surface area contributed by atoms with Crippen LogP contribution in [0.15, 0.2) is 24.5 Å². The van der Waals surface area contributed by atoms with E-state index in [4.69, 9.17) is 11.6 Å². The average Bonchev–Trinajstić information content (AvgIpc) is 2.94. The van der Waals surface area contributed by atoms with Crippen LogP contribution in [0.1, 0.15) is 12.8 Å². The van der Waals surface area contributed by atoms with Gasteiger partial charge in [-0.05, 0) is 18.6 Å². The third-order valence-electron chi connectivity index (χ3n) is 2.36. The van der Waals surface area contributed by atoms with E-state index in [1.807, 2.05) is 0 Å². The number of carbonyl (C=O) groups excluding carboxylic acids is 2. The molecule has 0 saturated carbocycles. The van der Waals surface area contributed by atoms with Gasteiger partial charge in [-0.25, -0.2) is 0 Å². The van der Waals surface area contributed by atoms with Crippen molar-refractivity contribution in [2.45, 2.75) is 12.8 Å². The number of nitrogens with one attached hydrogen (secondary N) is 1. The first kappa shape index (κ1) is 14.5. The van der Waals surface area contributed by atoms with Crippen LogP contribution in [-0.4, -0.2) is 32.8 Å². The molecular weight excluding hydrogens is 300 g/mol. The Bertz CT molecular complexity index is 603. The molecule has 0 aromatic carbocycles. The van der Waals surface area contributed by atoms with Gasteiger partial charge in [0.25, 0.3) is 5.91 Å². The molecule has 2 aromatic rings. The van der Waals surface area contributed by atoms with Gasteiger partial charge in [0.2, 0.25) is 10.9 Å². The molecule has 0 radical (unpaired) electrons. The Kier molecular flexibility index (Phi) is 5.14. The molecule has 0 fully saturated rings. The van der Waals surface area contributed by atoms with Gasteiger partial charge in [-0.15, -0.1) is 21.8 Å². The van der Waals surface area contributed by atoms with Gasteiger partial charge in [-0.3, -0.25) is 19.9 Å². The zero-order valence-corrected chi connectivity index (χ0v) is 11.9. The predicted molar refractivity (Wildman–Crippen MR) is 76.7 cm³/mol. The lowest BCUT2D eigenvalue weighted by Crippen LogP contribution is -2.22. The smallest absolute Gasteiger partial charge is 0.293 e. The Morgan fingerprint density at radius 2 is 2.00 bits per heavy atom. The number of alkyl halides is 1. The fourth-order valence-corrected chi connectivity index (χ4v) is 2.27. The minimum absolute atomic E-state index is 0.130. The lowest BCUT2D eigenvalue weighted by atomic mass is 10.2. The summed E-state index contributed by atoms with van der Waals surface area (Å²) >= 11 is 6.67. The van der Waals surface area contributed by atoms with Gasteiger partial charge < -0.3 is 0 Å². The quantitative estimate of drug-likeness (QED) is 0.652. The second-order valence-electron chi connectivity index (χ2n) is 3.82. The summed E-state index contributed by atoms with van der Waals surface area (Å²) in [5, 5.41) is 11.2. The monoisotopic (exact) mass is 310 g/mol. The zero-order valence-electron chi connectivity index (χ0n) is 10.4. The SMILES string of the molecule is O=C(CCCCl)C(=O)Nc1nnc(-c2ccncc2)s1. The van der Waals surface area contributed by atoms with Crippen LogP contribution in [0.3, 0.4) is 0 Å². The average molecular weight is 311 g/mol. The van der Waals surface area contributed by atoms with E-state index in [9.17, 15) is 9.59 Å². The lowest BCUT2D eigenvalue weighted by molar-refractivity contribution is -0.134. The van der Waals surface area contributed by atoms with Gasteiger partial charge in [0.05, 0.1) is 0 Å². The summed E-state index contributed by atoms with van der Waals surface area (Å²) in [5.41, 5.74) is 0.853. The number of Topliss-reactive ketones (excluding diaryl/α,β-unsaturated/α-hetero) is 1. The Hall–Kier alpha value is -1.86. The van der Waals surface area contributed by atoms with Crippen molar-refractivity contribution >= 4 is 39.8 Å². The molecule has 2 aromatic heterocycles. The number of pyridine rings is 1. The van der Waals surface area contributed by atoms with Crippen LogP contribution in [0.25, 0.3) is 10.6 Å². The number of aromatic nitrogens is 3. The van der Waals surface area contributed by atoms with Crippen molar-refractivity contribution in [3.05, 3.63) is 24.5 Å². The number of halogens is 1. The molecule has 0 atom stereocenters. The van der Waals surface area contributed by atoms with Gasteiger partial charge in [-0.2, -0.15) is 0 Å². The van der Waals surface area contributed by atoms with Gasteiger partial charge in [0.1, 0.15) is 5.01 Å². The van der Waals surface area contributed by atoms with Crippen LogP contribution in [0.4, 0.5) is 5.13 Å². The molecule has 2 rings (SSSR count). The number of carbonyl (C=O) groups is 2. The van der Waals surface area contributed by atoms with E-state index in [2.05, 4.69) is 20.5 Å². The topological polar surface area (TPSA) is 84.8 Å². The number of amides is 1. The van der Waals surface area contributed by atoms with Gasteiger partial charge in [-0.1, -0.05) is 11.3 Å². The summed E-state index contributed by atoms with van der Waals surface area (Å²) in [7, 11) is 0. The van der Waals surface area contributed by atoms with Crippen molar-refractivity contribution in [1.82, 2.24) is 15.2 Å². The van der Waals surface area contributed by atoms with Crippen LogP contribution >= 0.6 is 22.9 Å². The molecule has 0 saturated heterocycles. The third kappa shape index (κ3) is 3.82. The summed E-state index contributed by atoms with van der Waals surface area (Å²) < 4.78 is 0. The van der Waals surface area contributed by atoms with Crippen molar-refractivity contribution in [3.63, 3.8) is 0 Å². The van der Waals surface area contributed by atoms with Crippen molar-refractivity contribution in [2.75, 3.05) is 11.2 Å². The van der Waals surface area contributed by atoms with Gasteiger partial charge in [0, 0.05) is 30.3 Å². The van der Waals surface area contributed by atoms with Crippen LogP contribution in [0.5, 0.6) is 0 Å². The summed E-state index contributed by atoms with van der Waals surface area (Å²) in [6.07, 6.45) is 3.90. The molecule has 0 unspecified atom stereocenters. The molecule has 0 bridgehead atoms. The highest BCUT2D eigenvalue weighted by atomic mass is 35.5. The second kappa shape index (κ2) is 7.06. The first-order valence-electron chi connectivity index (χ1n) is 5.84. The van der Waals surface area contributed by atoms with Crippen molar-refractivity contribution in [3.8, 4) is 10.6 Å². The Morgan fingerprint density at radius 1 is 1.25 bits per heavy atom. The highest BCUT2D eigenvalue weighted by molar-refractivity contribution is 7.18. The molecule has 8 heteroatoms. The van der Waals surface area contributed by atoms with E-state index in [1.165, 1.54) is 11.3 Å². The summed E-state index contributed by atoms with van der Waals surface area (Å²) in [4.78, 5) is 27.0. The molecular formula is C12H11ClN4O2S. The van der Waals surface area contributed by atoms with Crippen LogP contribution in [0, 0.1) is 0 Å². The van der Waals surface area contributed by atoms with Crippen molar-refractivity contribution in [1.29, 1.82) is 0 Å². The molecule has 2 heterocycles. The maximum absolute atomic E-state index is 11.6. The fourth-order valence-electron chi connectivity index (χ4n) is 1.39. The lowest BCUT2D eigenvalue weighted by Gasteiger charge is -1.98. The maximum atomic E-state index is 11.6. The first-order valence-corrected chi connectivity index (χ1v) is 7.20. The normalized spacial score (nSPS) is 10.2. The number of hydrogen-bond donors (Lipinski definition) is 1. The molecule has 20 heavy (non-hydrogen) atoms. The van der Waals surface area contributed by atoms with Crippen LogP contribution < -0.4 is 5.32 Å². The molecule has 1 amide bonds. The molecule has 0 aliphatic carbocycles. The van der Waals surface area contributed by atoms with E-state index in [0.717, 1.165) is 5.56 Å². The highest BCUT2D eigenvalue weighted by Gasteiger charge is 2.15. The number of ketones is 1. The summed E-state index contributed by atoms with van der Waals surface area (Å²) in [6.45, 7) is 0. The number of hydrogen-bond acceptors (Lipinski definition) is 6. The van der Waals surface area contributed by atoms with E-state index in [0.29, 0.717) is 22.4 Å². The minimum Gasteiger partial charge on any atom is -0.294 e. The standard InChI is InChI=1S/C12H11ClN4O2S/c13-5-1-2-9(18)10(19)15-12-17-16-11(20-12)8-3-6-14-7-4-8/h3-4,6-7H,1-2,5H2,(H,15,17,19). The zero-order chi connectivity index (χ0) is 14.4. The van der Waals surface area contributed by atoms with Crippen LogP contribution in [0.2, 0.25) is 0 Å². The largest absolute Gasteiger partial charge is 0.294 e. The second-order valence-corrected chi connectivity index (χ2v) is 5.17. The molecule has 0 aliphatic rings. The Morgan fingerprint density at radius 3 is 2.70 bits per heavy atom. The molecule has 6 nitrogen and oxygen atoms in total. The number of anilines is 1. The van der Waals surface area contributed by atoms with E-state index in [-0.39, 0.29) is 6.42 Å². The van der Waals surface area contributed by atoms with Gasteiger partial charge >= 0.3 is 0 Å². The van der Waals surface area contributed by atoms with Crippen LogP contribution in [-0.2, 0) is 9.59 Å². The van der Waals surface area contributed by atoms with E-state index < -0.39 is 11.7 Å². The number of rotatable bonds is 6. The minimum atomic E-state index is -0.687. The summed E-state index contributed by atoms with van der Waals surface area (Å²) in [5.74, 6) is -0.844. The first-order chi connectivity index (χ1) is 9.70. The Labute approximate surface area is 124 Å². The molecule has 1 N–H and O–H groups in total. The van der Waals surface area contributed by atoms with Gasteiger partial charge in [0.15, 0.2) is 0 Å². The maximum Gasteiger partial charge on any atom is 0.293 e. The fraction of sp³-hybridized carbons (Fsp3) is 0.250. The van der Waals surface area contributed by atoms with Crippen molar-refractivity contribution in [2.24, 2.45) is 0 Å². The predicted octanol–water partition coefficient (Wildman–Crippen LogP) is 2.13. The Balaban J connectivity index is 2.00. The third-order valence-corrected chi connectivity index (χ3v) is 3.52. The highest BCUT2D eigenvalue weighted by Crippen LogP contribution is 2.25. The molecule has 104 valence electrons. The van der Waals surface area contributed by atoms with E-state index >= 15 is 0 Å². The van der Waals surface area contributed by atoms with E-state index in [1.54, 1.807) is 24.5 Å². The molecule has 0 spiro atoms. The number of nitrogens with zero attached hydrogens (tertiary/aromatic N) is 3. The molecule has 0 aliphatic heterocycles. The summed E-state index contributed by atoms with van der Waals surface area (Å²) in [6, 6.07) is 3.58.